The Bertz CT molecular complexity index is 1090. The van der Waals surface area contributed by atoms with Gasteiger partial charge in [-0.2, -0.15) is 0 Å². The number of benzene rings is 2. The van der Waals surface area contributed by atoms with Crippen LogP contribution in [0.4, 0.5) is 0 Å². The Balaban J connectivity index is 1.66. The number of hydrogen-bond donors (Lipinski definition) is 1. The smallest absolute Gasteiger partial charge is 0.338 e. The summed E-state index contributed by atoms with van der Waals surface area (Å²) in [5.74, 6) is 0.978. The maximum Gasteiger partial charge on any atom is 0.338 e. The molecule has 0 aliphatic rings. The third-order valence-corrected chi connectivity index (χ3v) is 4.94. The Labute approximate surface area is 199 Å². The molecule has 0 spiro atoms. The van der Waals surface area contributed by atoms with Crippen LogP contribution in [0.2, 0.25) is 0 Å². The van der Waals surface area contributed by atoms with Gasteiger partial charge in [0.1, 0.15) is 11.9 Å². The molecule has 1 N–H and O–H groups in total. The van der Waals surface area contributed by atoms with Crippen LogP contribution in [0.5, 0.6) is 11.5 Å². The molecule has 3 rings (SSSR count). The standard InChI is InChI=1S/C26H31N3O5/c1-5-32-22-15-20(11-12-21(22)33-16-18(2)3)26(31)34-17-23(30)28-24(19-9-7-6-8-10-19)25-27-13-14-29(25)4/h6-15,18,24H,5,16-17H2,1-4H3,(H,28,30)/t24-/m1/s1. The zero-order valence-electron chi connectivity index (χ0n) is 20.0. The van der Waals surface area contributed by atoms with Gasteiger partial charge in [-0.25, -0.2) is 9.78 Å². The van der Waals surface area contributed by atoms with Crippen LogP contribution >= 0.6 is 0 Å². The van der Waals surface area contributed by atoms with Gasteiger partial charge in [-0.3, -0.25) is 4.79 Å². The van der Waals surface area contributed by atoms with Crippen molar-refractivity contribution in [1.29, 1.82) is 0 Å². The monoisotopic (exact) mass is 465 g/mol. The van der Waals surface area contributed by atoms with Crippen molar-refractivity contribution in [1.82, 2.24) is 14.9 Å². The second kappa shape index (κ2) is 11.9. The zero-order chi connectivity index (χ0) is 24.5. The molecule has 1 aromatic heterocycles. The van der Waals surface area contributed by atoms with E-state index in [0.29, 0.717) is 36.5 Å². The number of nitrogens with one attached hydrogen (secondary N) is 1. The molecule has 0 aliphatic carbocycles. The number of amides is 1. The van der Waals surface area contributed by atoms with Gasteiger partial charge in [-0.05, 0) is 36.6 Å². The minimum absolute atomic E-state index is 0.275. The fraction of sp³-hybridized carbons (Fsp3) is 0.346. The Morgan fingerprint density at radius 3 is 2.47 bits per heavy atom. The molecular formula is C26H31N3O5. The molecule has 0 bridgehead atoms. The van der Waals surface area contributed by atoms with Crippen LogP contribution in [0.3, 0.4) is 0 Å². The molecule has 1 atom stereocenters. The largest absolute Gasteiger partial charge is 0.490 e. The molecule has 1 amide bonds. The number of rotatable bonds is 11. The van der Waals surface area contributed by atoms with Crippen molar-refractivity contribution in [3.63, 3.8) is 0 Å². The normalized spacial score (nSPS) is 11.7. The molecule has 0 fully saturated rings. The highest BCUT2D eigenvalue weighted by Gasteiger charge is 2.22. The summed E-state index contributed by atoms with van der Waals surface area (Å²) in [7, 11) is 1.86. The van der Waals surface area contributed by atoms with Gasteiger partial charge in [-0.1, -0.05) is 44.2 Å². The number of aromatic nitrogens is 2. The number of carbonyl (C=O) groups is 2. The van der Waals surface area contributed by atoms with Crippen molar-refractivity contribution in [2.75, 3.05) is 19.8 Å². The molecule has 3 aromatic rings. The quantitative estimate of drug-likeness (QED) is 0.432. The third-order valence-electron chi connectivity index (χ3n) is 4.94. The van der Waals surface area contributed by atoms with E-state index in [0.717, 1.165) is 5.56 Å². The van der Waals surface area contributed by atoms with Crippen LogP contribution < -0.4 is 14.8 Å². The lowest BCUT2D eigenvalue weighted by molar-refractivity contribution is -0.124. The summed E-state index contributed by atoms with van der Waals surface area (Å²) in [6, 6.07) is 13.9. The van der Waals surface area contributed by atoms with E-state index in [1.54, 1.807) is 24.4 Å². The highest BCUT2D eigenvalue weighted by atomic mass is 16.5. The van der Waals surface area contributed by atoms with E-state index in [1.165, 1.54) is 0 Å². The molecule has 1 heterocycles. The van der Waals surface area contributed by atoms with Crippen molar-refractivity contribution < 1.29 is 23.8 Å². The summed E-state index contributed by atoms with van der Waals surface area (Å²) in [6.45, 7) is 6.48. The first-order valence-corrected chi connectivity index (χ1v) is 11.3. The Morgan fingerprint density at radius 1 is 1.06 bits per heavy atom. The zero-order valence-corrected chi connectivity index (χ0v) is 20.0. The topological polar surface area (TPSA) is 91.7 Å². The molecule has 0 radical (unpaired) electrons. The van der Waals surface area contributed by atoms with Crippen molar-refractivity contribution in [3.8, 4) is 11.5 Å². The lowest BCUT2D eigenvalue weighted by Crippen LogP contribution is -2.34. The van der Waals surface area contributed by atoms with E-state index in [-0.39, 0.29) is 5.56 Å². The van der Waals surface area contributed by atoms with Gasteiger partial charge >= 0.3 is 5.97 Å². The van der Waals surface area contributed by atoms with Crippen molar-refractivity contribution in [2.24, 2.45) is 13.0 Å². The number of hydrogen-bond acceptors (Lipinski definition) is 6. The summed E-state index contributed by atoms with van der Waals surface area (Å²) in [4.78, 5) is 29.6. The second-order valence-corrected chi connectivity index (χ2v) is 8.18. The fourth-order valence-electron chi connectivity index (χ4n) is 3.29. The van der Waals surface area contributed by atoms with Crippen molar-refractivity contribution in [2.45, 2.75) is 26.8 Å². The minimum Gasteiger partial charge on any atom is -0.490 e. The highest BCUT2D eigenvalue weighted by Crippen LogP contribution is 2.29. The van der Waals surface area contributed by atoms with E-state index in [4.69, 9.17) is 14.2 Å². The fourth-order valence-corrected chi connectivity index (χ4v) is 3.29. The van der Waals surface area contributed by atoms with Gasteiger partial charge in [0.25, 0.3) is 5.91 Å². The maximum absolute atomic E-state index is 12.7. The summed E-state index contributed by atoms with van der Waals surface area (Å²) < 4.78 is 18.5. The summed E-state index contributed by atoms with van der Waals surface area (Å²) in [5, 5.41) is 2.91. The summed E-state index contributed by atoms with van der Waals surface area (Å²) >= 11 is 0. The van der Waals surface area contributed by atoms with Crippen LogP contribution in [0, 0.1) is 5.92 Å². The van der Waals surface area contributed by atoms with Crippen molar-refractivity contribution >= 4 is 11.9 Å². The molecule has 8 nitrogen and oxygen atoms in total. The molecular weight excluding hydrogens is 434 g/mol. The lowest BCUT2D eigenvalue weighted by atomic mass is 10.1. The number of ether oxygens (including phenoxy) is 3. The van der Waals surface area contributed by atoms with E-state index in [1.807, 2.05) is 68.9 Å². The molecule has 8 heteroatoms. The molecule has 34 heavy (non-hydrogen) atoms. The minimum atomic E-state index is -0.625. The van der Waals surface area contributed by atoms with E-state index in [9.17, 15) is 9.59 Å². The lowest BCUT2D eigenvalue weighted by Gasteiger charge is -2.19. The van der Waals surface area contributed by atoms with Gasteiger partial charge in [-0.15, -0.1) is 0 Å². The van der Waals surface area contributed by atoms with Gasteiger partial charge < -0.3 is 24.1 Å². The summed E-state index contributed by atoms with van der Waals surface area (Å²) in [6.07, 6.45) is 3.48. The van der Waals surface area contributed by atoms with Gasteiger partial charge in [0.15, 0.2) is 18.1 Å². The van der Waals surface area contributed by atoms with Crippen LogP contribution in [0.25, 0.3) is 0 Å². The van der Waals surface area contributed by atoms with E-state index >= 15 is 0 Å². The van der Waals surface area contributed by atoms with Crippen LogP contribution in [-0.4, -0.2) is 41.2 Å². The predicted molar refractivity (Wildman–Crippen MR) is 128 cm³/mol. The molecule has 0 saturated carbocycles. The Kier molecular flexibility index (Phi) is 8.67. The average molecular weight is 466 g/mol. The molecule has 0 saturated heterocycles. The number of esters is 1. The first kappa shape index (κ1) is 24.8. The third kappa shape index (κ3) is 6.60. The average Bonchev–Trinajstić information content (AvgIpc) is 3.26. The number of nitrogens with zero attached hydrogens (tertiary/aromatic N) is 2. The first-order valence-electron chi connectivity index (χ1n) is 11.3. The predicted octanol–water partition coefficient (Wildman–Crippen LogP) is 3.92. The summed E-state index contributed by atoms with van der Waals surface area (Å²) in [5.41, 5.74) is 1.15. The second-order valence-electron chi connectivity index (χ2n) is 8.18. The molecule has 0 aliphatic heterocycles. The SMILES string of the molecule is CCOc1cc(C(=O)OCC(=O)N[C@H](c2ccccc2)c2nccn2C)ccc1OCC(C)C. The Hall–Kier alpha value is -3.81. The molecule has 0 unspecified atom stereocenters. The maximum atomic E-state index is 12.7. The van der Waals surface area contributed by atoms with Gasteiger partial charge in [0.05, 0.1) is 18.8 Å². The number of aryl methyl sites for hydroxylation is 1. The van der Waals surface area contributed by atoms with E-state index in [2.05, 4.69) is 10.3 Å². The first-order chi connectivity index (χ1) is 16.4. The number of carbonyl (C=O) groups excluding carboxylic acids is 2. The van der Waals surface area contributed by atoms with Crippen LogP contribution in [0.1, 0.15) is 48.6 Å². The molecule has 180 valence electrons. The van der Waals surface area contributed by atoms with Crippen LogP contribution in [0.15, 0.2) is 60.9 Å². The van der Waals surface area contributed by atoms with Gasteiger partial charge in [0.2, 0.25) is 0 Å². The molecule has 2 aromatic carbocycles. The Morgan fingerprint density at radius 2 is 1.82 bits per heavy atom. The van der Waals surface area contributed by atoms with E-state index < -0.39 is 24.5 Å². The van der Waals surface area contributed by atoms with Gasteiger partial charge in [0, 0.05) is 19.4 Å². The van der Waals surface area contributed by atoms with Crippen LogP contribution in [-0.2, 0) is 16.6 Å². The van der Waals surface area contributed by atoms with Crippen molar-refractivity contribution in [3.05, 3.63) is 77.9 Å². The number of imidazole rings is 1. The highest BCUT2D eigenvalue weighted by molar-refractivity contribution is 5.92.